The maximum atomic E-state index is 13.1. The van der Waals surface area contributed by atoms with Gasteiger partial charge in [-0.2, -0.15) is 0 Å². The van der Waals surface area contributed by atoms with Crippen LogP contribution in [0.4, 0.5) is 5.13 Å². The van der Waals surface area contributed by atoms with Crippen LogP contribution in [0, 0.1) is 5.41 Å². The number of carbonyl (C=O) groups excluding carboxylic acids is 3. The third-order valence-electron chi connectivity index (χ3n) is 7.19. The Balaban J connectivity index is 1.38. The third-order valence-corrected chi connectivity index (χ3v) is 8.14. The molecule has 1 aliphatic rings. The van der Waals surface area contributed by atoms with E-state index in [-0.39, 0.29) is 35.6 Å². The van der Waals surface area contributed by atoms with Gasteiger partial charge < -0.3 is 25.4 Å². The zero-order valence-electron chi connectivity index (χ0n) is 24.1. The lowest BCUT2D eigenvalue weighted by Crippen LogP contribution is -2.42. The lowest BCUT2D eigenvalue weighted by molar-refractivity contribution is -0.162. The normalized spacial score (nSPS) is 17.1. The molecule has 3 N–H and O–H groups in total. The summed E-state index contributed by atoms with van der Waals surface area (Å²) in [6, 6.07) is 8.91. The fourth-order valence-electron chi connectivity index (χ4n) is 4.83. The number of esters is 1. The zero-order valence-corrected chi connectivity index (χ0v) is 24.9. The number of pyridine rings is 1. The molecule has 41 heavy (non-hydrogen) atoms. The smallest absolute Gasteiger partial charge is 0.311 e. The lowest BCUT2D eigenvalue weighted by atomic mass is 9.86. The van der Waals surface area contributed by atoms with Crippen LogP contribution in [0.25, 0.3) is 10.2 Å². The second-order valence-corrected chi connectivity index (χ2v) is 11.9. The Kier molecular flexibility index (Phi) is 10.1. The average Bonchev–Trinajstić information content (AvgIpc) is 3.35. The van der Waals surface area contributed by atoms with Gasteiger partial charge >= 0.3 is 5.97 Å². The number of benzene rings is 1. The third kappa shape index (κ3) is 8.16. The number of rotatable bonds is 12. The Bertz CT molecular complexity index is 1370. The van der Waals surface area contributed by atoms with Gasteiger partial charge in [-0.1, -0.05) is 17.8 Å². The molecule has 2 atom stereocenters. The van der Waals surface area contributed by atoms with Crippen LogP contribution in [0.5, 0.6) is 11.5 Å². The fraction of sp³-hybridized carbons (Fsp3) is 0.500. The predicted molar refractivity (Wildman–Crippen MR) is 159 cm³/mol. The van der Waals surface area contributed by atoms with Crippen LogP contribution in [0.3, 0.4) is 0 Å². The van der Waals surface area contributed by atoms with E-state index in [1.54, 1.807) is 19.2 Å². The van der Waals surface area contributed by atoms with Crippen molar-refractivity contribution in [3.05, 3.63) is 42.2 Å². The number of aromatic nitrogens is 2. The quantitative estimate of drug-likeness (QED) is 0.241. The molecule has 1 saturated carbocycles. The number of nitrogens with zero attached hydrogens (tertiary/aromatic N) is 2. The van der Waals surface area contributed by atoms with Crippen LogP contribution in [-0.4, -0.2) is 53.5 Å². The predicted octanol–water partition coefficient (Wildman–Crippen LogP) is 5.44. The molecule has 2 aromatic heterocycles. The summed E-state index contributed by atoms with van der Waals surface area (Å²) in [5.74, 6) is 0.639. The van der Waals surface area contributed by atoms with Gasteiger partial charge in [0, 0.05) is 38.3 Å². The first-order valence-electron chi connectivity index (χ1n) is 14.2. The molecule has 2 heterocycles. The van der Waals surface area contributed by atoms with Gasteiger partial charge in [0.05, 0.1) is 21.7 Å². The van der Waals surface area contributed by atoms with Gasteiger partial charge in [0.25, 0.3) is 5.91 Å². The molecule has 0 saturated heterocycles. The first kappa shape index (κ1) is 30.2. The van der Waals surface area contributed by atoms with E-state index in [0.29, 0.717) is 37.3 Å². The fourth-order valence-corrected chi connectivity index (χ4v) is 5.79. The monoisotopic (exact) mass is 581 g/mol. The highest BCUT2D eigenvalue weighted by molar-refractivity contribution is 7.22. The Morgan fingerprint density at radius 2 is 1.88 bits per heavy atom. The Hall–Kier alpha value is -3.73. The zero-order chi connectivity index (χ0) is 29.4. The van der Waals surface area contributed by atoms with E-state index < -0.39 is 5.41 Å². The number of nitrogens with one attached hydrogen (secondary N) is 3. The minimum atomic E-state index is -0.670. The minimum absolute atomic E-state index is 0.00949. The van der Waals surface area contributed by atoms with Crippen molar-refractivity contribution in [3.8, 4) is 11.5 Å². The summed E-state index contributed by atoms with van der Waals surface area (Å²) in [7, 11) is 1.56. The van der Waals surface area contributed by atoms with E-state index in [9.17, 15) is 14.4 Å². The molecule has 1 fully saturated rings. The summed E-state index contributed by atoms with van der Waals surface area (Å²) in [6.45, 7) is 6.27. The maximum Gasteiger partial charge on any atom is 0.311 e. The van der Waals surface area contributed by atoms with E-state index >= 15 is 0 Å². The van der Waals surface area contributed by atoms with Crippen LogP contribution in [0.2, 0.25) is 0 Å². The van der Waals surface area contributed by atoms with Gasteiger partial charge in [-0.15, -0.1) is 0 Å². The molecule has 2 amide bonds. The molecule has 0 spiro atoms. The van der Waals surface area contributed by atoms with Gasteiger partial charge in [0.1, 0.15) is 23.3 Å². The molecule has 1 aliphatic carbocycles. The molecule has 3 aromatic rings. The van der Waals surface area contributed by atoms with Gasteiger partial charge in [-0.05, 0) is 71.1 Å². The number of hydrogen-bond acceptors (Lipinski definition) is 9. The topological polar surface area (TPSA) is 132 Å². The highest BCUT2D eigenvalue weighted by Crippen LogP contribution is 2.34. The Morgan fingerprint density at radius 3 is 2.66 bits per heavy atom. The summed E-state index contributed by atoms with van der Waals surface area (Å²) in [6.07, 6.45) is 6.65. The first-order chi connectivity index (χ1) is 19.7. The summed E-state index contributed by atoms with van der Waals surface area (Å²) in [5, 5.41) is 9.64. The second-order valence-electron chi connectivity index (χ2n) is 10.9. The lowest BCUT2D eigenvalue weighted by Gasteiger charge is -2.34. The molecule has 0 aliphatic heterocycles. The standard InChI is InChI=1S/C30H39N5O5S/c1-5-32-26(36)11-8-15-30(2,3)28(38)40-24-10-7-6-9-21(24)34-29-35-22-13-12-19(18-25(22)41-29)39-20-14-16-33-23(17-20)27(37)31-4/h12-14,16-18,21,24H,5-11,15H2,1-4H3,(H,31,37)(H,32,36)(H,34,35)/t21-,24-/m0/s1. The van der Waals surface area contributed by atoms with Crippen molar-refractivity contribution in [2.24, 2.45) is 5.41 Å². The number of amides is 2. The molecule has 4 rings (SSSR count). The molecule has 0 unspecified atom stereocenters. The summed E-state index contributed by atoms with van der Waals surface area (Å²) in [5.41, 5.74) is 0.445. The Morgan fingerprint density at radius 1 is 1.10 bits per heavy atom. The molecular formula is C30H39N5O5S. The van der Waals surface area contributed by atoms with Crippen LogP contribution < -0.4 is 20.7 Å². The highest BCUT2D eigenvalue weighted by Gasteiger charge is 2.35. The minimum Gasteiger partial charge on any atom is -0.460 e. The number of hydrogen-bond donors (Lipinski definition) is 3. The van der Waals surface area contributed by atoms with Crippen molar-refractivity contribution in [2.75, 3.05) is 18.9 Å². The molecular weight excluding hydrogens is 542 g/mol. The van der Waals surface area contributed by atoms with E-state index in [2.05, 4.69) is 20.9 Å². The van der Waals surface area contributed by atoms with Crippen molar-refractivity contribution < 1.29 is 23.9 Å². The number of fused-ring (bicyclic) bond motifs is 1. The SMILES string of the molecule is CCNC(=O)CCCC(C)(C)C(=O)O[C@H]1CCCC[C@@H]1Nc1nc2ccc(Oc3ccnc(C(=O)NC)c3)cc2s1. The van der Waals surface area contributed by atoms with E-state index in [1.165, 1.54) is 17.5 Å². The molecule has 10 nitrogen and oxygen atoms in total. The molecule has 11 heteroatoms. The van der Waals surface area contributed by atoms with Crippen molar-refractivity contribution in [2.45, 2.75) is 77.9 Å². The summed E-state index contributed by atoms with van der Waals surface area (Å²) < 4.78 is 13.0. The van der Waals surface area contributed by atoms with E-state index in [4.69, 9.17) is 14.5 Å². The van der Waals surface area contributed by atoms with Gasteiger partial charge in [0.15, 0.2) is 5.13 Å². The average molecular weight is 582 g/mol. The largest absolute Gasteiger partial charge is 0.460 e. The molecule has 0 bridgehead atoms. The number of carbonyl (C=O) groups is 3. The van der Waals surface area contributed by atoms with Crippen LogP contribution >= 0.6 is 11.3 Å². The number of thiazole rings is 1. The van der Waals surface area contributed by atoms with Crippen LogP contribution in [0.15, 0.2) is 36.5 Å². The number of anilines is 1. The van der Waals surface area contributed by atoms with Gasteiger partial charge in [0.2, 0.25) is 5.91 Å². The Labute approximate surface area is 244 Å². The van der Waals surface area contributed by atoms with Crippen molar-refractivity contribution in [3.63, 3.8) is 0 Å². The first-order valence-corrected chi connectivity index (χ1v) is 15.0. The van der Waals surface area contributed by atoms with Crippen LogP contribution in [0.1, 0.15) is 76.2 Å². The molecule has 1 aromatic carbocycles. The van der Waals surface area contributed by atoms with Crippen LogP contribution in [-0.2, 0) is 14.3 Å². The number of ether oxygens (including phenoxy) is 2. The molecule has 0 radical (unpaired) electrons. The summed E-state index contributed by atoms with van der Waals surface area (Å²) in [4.78, 5) is 45.6. The maximum absolute atomic E-state index is 13.1. The van der Waals surface area contributed by atoms with Crippen molar-refractivity contribution >= 4 is 44.5 Å². The summed E-state index contributed by atoms with van der Waals surface area (Å²) >= 11 is 1.51. The van der Waals surface area contributed by atoms with Gasteiger partial charge in [-0.25, -0.2) is 4.98 Å². The highest BCUT2D eigenvalue weighted by atomic mass is 32.1. The van der Waals surface area contributed by atoms with E-state index in [0.717, 1.165) is 41.0 Å². The molecule has 220 valence electrons. The van der Waals surface area contributed by atoms with Crippen molar-refractivity contribution in [1.82, 2.24) is 20.6 Å². The van der Waals surface area contributed by atoms with E-state index in [1.807, 2.05) is 39.0 Å². The second kappa shape index (κ2) is 13.8. The van der Waals surface area contributed by atoms with Gasteiger partial charge in [-0.3, -0.25) is 19.4 Å². The van der Waals surface area contributed by atoms with Crippen molar-refractivity contribution in [1.29, 1.82) is 0 Å².